The smallest absolute Gasteiger partial charge is 0.334 e. The molecule has 28 heavy (non-hydrogen) atoms. The molecule has 1 aliphatic heterocycles. The molecular weight excluding hydrogens is 360 g/mol. The Kier molecular flexibility index (Phi) is 7.13. The van der Waals surface area contributed by atoms with Crippen molar-refractivity contribution in [3.05, 3.63) is 47.1 Å². The summed E-state index contributed by atoms with van der Waals surface area (Å²) in [5.41, 5.74) is 2.47. The predicted molar refractivity (Wildman–Crippen MR) is 104 cm³/mol. The van der Waals surface area contributed by atoms with Gasteiger partial charge in [-0.25, -0.2) is 4.79 Å². The number of ether oxygens (including phenoxy) is 2. The number of aliphatic hydroxyl groups is 1. The Bertz CT molecular complexity index is 770. The van der Waals surface area contributed by atoms with Crippen molar-refractivity contribution in [1.29, 1.82) is 0 Å². The first-order valence-corrected chi connectivity index (χ1v) is 9.37. The zero-order valence-corrected chi connectivity index (χ0v) is 16.9. The molecule has 1 saturated heterocycles. The molecule has 0 aromatic carbocycles. The minimum atomic E-state index is -0.663. The maximum Gasteiger partial charge on any atom is 0.334 e. The molecule has 0 saturated carbocycles. The van der Waals surface area contributed by atoms with Crippen LogP contribution >= 0.6 is 0 Å². The van der Waals surface area contributed by atoms with E-state index in [0.29, 0.717) is 18.4 Å². The van der Waals surface area contributed by atoms with E-state index in [9.17, 15) is 19.5 Å². The van der Waals surface area contributed by atoms with Crippen LogP contribution in [0.4, 0.5) is 0 Å². The number of hydrogen-bond donors (Lipinski definition) is 1. The molecule has 0 amide bonds. The van der Waals surface area contributed by atoms with Gasteiger partial charge in [0, 0.05) is 24.3 Å². The molecule has 4 atom stereocenters. The van der Waals surface area contributed by atoms with Gasteiger partial charge in [0.25, 0.3) is 0 Å². The van der Waals surface area contributed by atoms with Gasteiger partial charge in [-0.1, -0.05) is 23.8 Å². The average molecular weight is 388 g/mol. The molecule has 6 heteroatoms. The van der Waals surface area contributed by atoms with Gasteiger partial charge in [0.1, 0.15) is 12.7 Å². The van der Waals surface area contributed by atoms with E-state index < -0.39 is 36.0 Å². The average Bonchev–Trinajstić information content (AvgIpc) is 2.84. The van der Waals surface area contributed by atoms with Crippen LogP contribution in [0.25, 0.3) is 0 Å². The second-order valence-corrected chi connectivity index (χ2v) is 7.58. The lowest BCUT2D eigenvalue weighted by Gasteiger charge is -2.27. The van der Waals surface area contributed by atoms with Gasteiger partial charge in [-0.2, -0.15) is 0 Å². The highest BCUT2D eigenvalue weighted by Gasteiger charge is 2.45. The van der Waals surface area contributed by atoms with E-state index >= 15 is 0 Å². The van der Waals surface area contributed by atoms with Crippen LogP contribution in [-0.2, 0) is 23.9 Å². The Hall–Kier alpha value is -2.47. The van der Waals surface area contributed by atoms with Crippen molar-refractivity contribution in [1.82, 2.24) is 0 Å². The van der Waals surface area contributed by atoms with Crippen molar-refractivity contribution in [3.8, 4) is 0 Å². The highest BCUT2D eigenvalue weighted by atomic mass is 16.6. The summed E-state index contributed by atoms with van der Waals surface area (Å²) < 4.78 is 10.4. The van der Waals surface area contributed by atoms with Crippen LogP contribution in [0.2, 0.25) is 0 Å². The maximum absolute atomic E-state index is 13.2. The van der Waals surface area contributed by atoms with E-state index in [1.807, 2.05) is 13.8 Å². The largest absolute Gasteiger partial charge is 0.462 e. The Labute approximate surface area is 165 Å². The lowest BCUT2D eigenvalue weighted by molar-refractivity contribution is -0.140. The number of allylic oxidation sites excluding steroid dienone is 2. The monoisotopic (exact) mass is 388 g/mol. The molecule has 2 aliphatic rings. The normalized spacial score (nSPS) is 32.4. The number of hydrogen-bond acceptors (Lipinski definition) is 6. The Morgan fingerprint density at radius 3 is 2.54 bits per heavy atom. The van der Waals surface area contributed by atoms with Crippen LogP contribution < -0.4 is 0 Å². The number of carbonyl (C=O) groups excluding carboxylic acids is 3. The molecule has 1 fully saturated rings. The molecule has 1 heterocycles. The fourth-order valence-electron chi connectivity index (χ4n) is 3.76. The van der Waals surface area contributed by atoms with E-state index in [4.69, 9.17) is 9.47 Å². The van der Waals surface area contributed by atoms with Crippen LogP contribution in [0, 0.1) is 11.8 Å². The van der Waals surface area contributed by atoms with Gasteiger partial charge in [0.2, 0.25) is 0 Å². The summed E-state index contributed by atoms with van der Waals surface area (Å²) in [6.07, 6.45) is 4.67. The van der Waals surface area contributed by atoms with Crippen molar-refractivity contribution in [2.45, 2.75) is 52.7 Å². The fraction of sp³-hybridized carbons (Fsp3) is 0.500. The molecular formula is C22H28O6. The topological polar surface area (TPSA) is 89.9 Å². The van der Waals surface area contributed by atoms with Gasteiger partial charge in [-0.05, 0) is 51.3 Å². The van der Waals surface area contributed by atoms with Gasteiger partial charge in [-0.15, -0.1) is 0 Å². The Morgan fingerprint density at radius 1 is 1.25 bits per heavy atom. The van der Waals surface area contributed by atoms with E-state index in [0.717, 1.165) is 11.1 Å². The summed E-state index contributed by atoms with van der Waals surface area (Å²) in [7, 11) is 0. The number of aliphatic hydroxyl groups excluding tert-OH is 1. The van der Waals surface area contributed by atoms with Gasteiger partial charge < -0.3 is 14.6 Å². The van der Waals surface area contributed by atoms with Crippen LogP contribution in [0.15, 0.2) is 47.1 Å². The van der Waals surface area contributed by atoms with Crippen LogP contribution in [0.3, 0.4) is 0 Å². The predicted octanol–water partition coefficient (Wildman–Crippen LogP) is 2.83. The lowest BCUT2D eigenvalue weighted by atomic mass is 9.75. The summed E-state index contributed by atoms with van der Waals surface area (Å²) in [5.74, 6) is -2.13. The number of Topliss-reactive ketones (excluding diaryl/α,β-unsaturated/α-hetero) is 1. The third-order valence-electron chi connectivity index (χ3n) is 5.10. The van der Waals surface area contributed by atoms with Gasteiger partial charge in [0.05, 0.1) is 6.10 Å². The molecule has 6 nitrogen and oxygen atoms in total. The summed E-state index contributed by atoms with van der Waals surface area (Å²) >= 11 is 0. The first kappa shape index (κ1) is 21.8. The summed E-state index contributed by atoms with van der Waals surface area (Å²) in [6.45, 7) is 10.6. The molecule has 1 unspecified atom stereocenters. The van der Waals surface area contributed by atoms with E-state index in [2.05, 4.69) is 6.58 Å². The zero-order valence-electron chi connectivity index (χ0n) is 16.9. The summed E-state index contributed by atoms with van der Waals surface area (Å²) in [5, 5.41) is 10.2. The first-order chi connectivity index (χ1) is 13.1. The quantitative estimate of drug-likeness (QED) is 0.452. The molecule has 0 bridgehead atoms. The van der Waals surface area contributed by atoms with Crippen molar-refractivity contribution in [3.63, 3.8) is 0 Å². The number of ketones is 1. The number of rotatable bonds is 4. The molecule has 0 aromatic rings. The second-order valence-electron chi connectivity index (χ2n) is 7.58. The lowest BCUT2D eigenvalue weighted by Crippen LogP contribution is -2.31. The zero-order chi connectivity index (χ0) is 21.0. The highest BCUT2D eigenvalue weighted by Crippen LogP contribution is 2.39. The SMILES string of the molecule is C=C1C(=O)O[C@@H]2/C=C(/C)C[C@H](O)/C=C(/C)CC(C(=O)/C(C)=C/COC(C)=O)[C@@H]12. The molecule has 152 valence electrons. The van der Waals surface area contributed by atoms with Crippen LogP contribution in [-0.4, -0.2) is 41.6 Å². The third-order valence-corrected chi connectivity index (χ3v) is 5.10. The second kappa shape index (κ2) is 9.15. The van der Waals surface area contributed by atoms with Crippen molar-refractivity contribution in [2.75, 3.05) is 6.61 Å². The standard InChI is InChI=1S/C22H28O6/c1-12-8-17(24)9-13(2)11-19-20(15(4)22(26)28-19)18(10-12)21(25)14(3)6-7-27-16(5)23/h6,8,11,17-20,24H,4,7,9-10H2,1-3,5H3/b12-8-,13-11-,14-6+/t17-,18?,19-,20-/m1/s1. The molecule has 0 spiro atoms. The molecule has 1 N–H and O–H groups in total. The maximum atomic E-state index is 13.2. The summed E-state index contributed by atoms with van der Waals surface area (Å²) in [4.78, 5) is 36.3. The fourth-order valence-corrected chi connectivity index (χ4v) is 3.76. The molecule has 0 aromatic heterocycles. The van der Waals surface area contributed by atoms with E-state index in [1.165, 1.54) is 6.92 Å². The van der Waals surface area contributed by atoms with Gasteiger partial charge >= 0.3 is 11.9 Å². The van der Waals surface area contributed by atoms with Crippen LogP contribution in [0.5, 0.6) is 0 Å². The summed E-state index contributed by atoms with van der Waals surface area (Å²) in [6, 6.07) is 0. The Balaban J connectivity index is 2.41. The van der Waals surface area contributed by atoms with E-state index in [-0.39, 0.29) is 18.0 Å². The Morgan fingerprint density at radius 2 is 1.89 bits per heavy atom. The third kappa shape index (κ3) is 5.29. The minimum absolute atomic E-state index is 0.0106. The van der Waals surface area contributed by atoms with Crippen molar-refractivity contribution < 1.29 is 29.0 Å². The molecule has 2 rings (SSSR count). The molecule has 1 aliphatic carbocycles. The van der Waals surface area contributed by atoms with Crippen LogP contribution in [0.1, 0.15) is 40.5 Å². The number of fused-ring (bicyclic) bond motifs is 1. The number of carbonyl (C=O) groups is 3. The van der Waals surface area contributed by atoms with Gasteiger partial charge in [0.15, 0.2) is 5.78 Å². The van der Waals surface area contributed by atoms with Crippen molar-refractivity contribution >= 4 is 17.7 Å². The minimum Gasteiger partial charge on any atom is -0.462 e. The molecule has 0 radical (unpaired) electrons. The first-order valence-electron chi connectivity index (χ1n) is 9.37. The van der Waals surface area contributed by atoms with E-state index in [1.54, 1.807) is 25.2 Å². The highest BCUT2D eigenvalue weighted by molar-refractivity contribution is 5.99. The van der Waals surface area contributed by atoms with Crippen molar-refractivity contribution in [2.24, 2.45) is 11.8 Å². The number of esters is 2. The van der Waals surface area contributed by atoms with Gasteiger partial charge in [-0.3, -0.25) is 9.59 Å².